The molecular weight excluding hydrogens is 375 g/mol. The molecule has 0 amide bonds. The van der Waals surface area contributed by atoms with Crippen molar-refractivity contribution in [3.8, 4) is 5.75 Å². The zero-order valence-electron chi connectivity index (χ0n) is 16.0. The minimum Gasteiger partial charge on any atom is -0.496 e. The van der Waals surface area contributed by atoms with Crippen LogP contribution in [0.25, 0.3) is 0 Å². The van der Waals surface area contributed by atoms with Crippen LogP contribution in [0.15, 0.2) is 30.3 Å². The van der Waals surface area contributed by atoms with Crippen LogP contribution in [0, 0.1) is 0 Å². The second kappa shape index (κ2) is 9.09. The van der Waals surface area contributed by atoms with E-state index in [2.05, 4.69) is 47.3 Å². The van der Waals surface area contributed by atoms with E-state index in [9.17, 15) is 13.2 Å². The van der Waals surface area contributed by atoms with Crippen LogP contribution in [-0.2, 0) is 11.3 Å². The molecule has 1 aromatic heterocycles. The van der Waals surface area contributed by atoms with Crippen LogP contribution in [-0.4, -0.2) is 46.5 Å². The lowest BCUT2D eigenvalue weighted by atomic mass is 10.1. The molecule has 1 atom stereocenters. The third-order valence-corrected chi connectivity index (χ3v) is 4.56. The minimum absolute atomic E-state index is 0.286. The Bertz CT molecular complexity index is 788. The van der Waals surface area contributed by atoms with E-state index in [1.54, 1.807) is 7.11 Å². The highest BCUT2D eigenvalue weighted by Crippen LogP contribution is 2.39. The molecule has 1 aliphatic rings. The number of aromatic nitrogens is 2. The van der Waals surface area contributed by atoms with Gasteiger partial charge in [-0.25, -0.2) is 4.79 Å². The summed E-state index contributed by atoms with van der Waals surface area (Å²) in [6.45, 7) is 3.06. The molecule has 2 N–H and O–H groups in total. The lowest BCUT2D eigenvalue weighted by Crippen LogP contribution is -2.22. The van der Waals surface area contributed by atoms with Crippen molar-refractivity contribution in [2.45, 2.75) is 44.4 Å². The zero-order chi connectivity index (χ0) is 20.9. The number of halogens is 3. The number of alkyl halides is 3. The molecule has 9 heteroatoms. The second-order valence-electron chi connectivity index (χ2n) is 6.73. The number of H-pyrrole nitrogens is 1. The maximum absolute atomic E-state index is 10.6. The van der Waals surface area contributed by atoms with E-state index in [0.717, 1.165) is 12.3 Å². The number of carboxylic acids is 1. The summed E-state index contributed by atoms with van der Waals surface area (Å²) in [6.07, 6.45) is -2.50. The van der Waals surface area contributed by atoms with Crippen molar-refractivity contribution in [1.29, 1.82) is 0 Å². The fourth-order valence-electron chi connectivity index (χ4n) is 2.70. The number of hydrogen-bond donors (Lipinski definition) is 2. The smallest absolute Gasteiger partial charge is 0.490 e. The molecule has 1 fully saturated rings. The van der Waals surface area contributed by atoms with Gasteiger partial charge in [-0.1, -0.05) is 18.2 Å². The number of carbonyl (C=O) groups is 1. The van der Waals surface area contributed by atoms with Crippen LogP contribution < -0.4 is 4.74 Å². The predicted octanol–water partition coefficient (Wildman–Crippen LogP) is 4.12. The maximum Gasteiger partial charge on any atom is 0.490 e. The molecule has 1 unspecified atom stereocenters. The van der Waals surface area contributed by atoms with Gasteiger partial charge in [0, 0.05) is 29.8 Å². The third kappa shape index (κ3) is 5.98. The van der Waals surface area contributed by atoms with Crippen molar-refractivity contribution in [3.05, 3.63) is 47.3 Å². The molecule has 154 valence electrons. The number of aliphatic carboxylic acids is 1. The lowest BCUT2D eigenvalue weighted by molar-refractivity contribution is -0.192. The molecule has 6 nitrogen and oxygen atoms in total. The Balaban J connectivity index is 0.000000345. The van der Waals surface area contributed by atoms with Crippen molar-refractivity contribution in [2.75, 3.05) is 14.2 Å². The minimum atomic E-state index is -5.08. The molecule has 0 radical (unpaired) electrons. The molecule has 0 bridgehead atoms. The number of para-hydroxylation sites is 1. The number of aromatic amines is 1. The number of methoxy groups -OCH3 is 1. The number of nitrogens with one attached hydrogen (secondary N) is 1. The van der Waals surface area contributed by atoms with E-state index in [-0.39, 0.29) is 6.04 Å². The van der Waals surface area contributed by atoms with Gasteiger partial charge in [-0.05, 0) is 38.9 Å². The highest BCUT2D eigenvalue weighted by Gasteiger charge is 2.38. The Labute approximate surface area is 161 Å². The number of hydrogen-bond acceptors (Lipinski definition) is 4. The largest absolute Gasteiger partial charge is 0.496 e. The molecule has 1 aliphatic carbocycles. The van der Waals surface area contributed by atoms with Crippen LogP contribution in [0.4, 0.5) is 13.2 Å². The first-order chi connectivity index (χ1) is 13.1. The van der Waals surface area contributed by atoms with Gasteiger partial charge in [0.25, 0.3) is 0 Å². The average Bonchev–Trinajstić information content (AvgIpc) is 3.40. The second-order valence-corrected chi connectivity index (χ2v) is 6.73. The van der Waals surface area contributed by atoms with Crippen LogP contribution >= 0.6 is 0 Å². The fourth-order valence-corrected chi connectivity index (χ4v) is 2.70. The molecule has 0 aliphatic heterocycles. The fraction of sp³-hybridized carbons (Fsp3) is 0.474. The quantitative estimate of drug-likeness (QED) is 0.764. The number of benzene rings is 1. The third-order valence-electron chi connectivity index (χ3n) is 4.56. The first kappa shape index (κ1) is 21.7. The van der Waals surface area contributed by atoms with Crippen LogP contribution in [0.5, 0.6) is 5.75 Å². The standard InChI is InChI=1S/C17H23N3O.C2HF3O2/c1-12(15-6-4-5-7-17(15)21-3)20(2)11-14-10-16(19-18-14)13-8-9-13;3-2(4,5)1(6)7/h4-7,10,12-13H,8-9,11H2,1-3H3,(H,18,19);(H,6,7). The van der Waals surface area contributed by atoms with E-state index in [1.165, 1.54) is 29.8 Å². The summed E-state index contributed by atoms with van der Waals surface area (Å²) >= 11 is 0. The molecule has 0 saturated heterocycles. The summed E-state index contributed by atoms with van der Waals surface area (Å²) in [5.41, 5.74) is 3.62. The Morgan fingerprint density at radius 3 is 2.54 bits per heavy atom. The Morgan fingerprint density at radius 1 is 1.39 bits per heavy atom. The topological polar surface area (TPSA) is 78.5 Å². The number of ether oxygens (including phenoxy) is 1. The molecule has 1 saturated carbocycles. The number of carboxylic acid groups (broad SMARTS) is 1. The molecule has 1 heterocycles. The normalized spacial score (nSPS) is 15.0. The van der Waals surface area contributed by atoms with Crippen molar-refractivity contribution >= 4 is 5.97 Å². The SMILES string of the molecule is COc1ccccc1C(C)N(C)Cc1cc(C2CC2)n[nH]1.O=C(O)C(F)(F)F. The Kier molecular flexibility index (Phi) is 7.06. The molecule has 0 spiro atoms. The van der Waals surface area contributed by atoms with Gasteiger partial charge >= 0.3 is 12.1 Å². The van der Waals surface area contributed by atoms with E-state index in [1.807, 2.05) is 12.1 Å². The zero-order valence-corrected chi connectivity index (χ0v) is 16.0. The van der Waals surface area contributed by atoms with E-state index in [0.29, 0.717) is 5.92 Å². The summed E-state index contributed by atoms with van der Waals surface area (Å²) < 4.78 is 37.2. The van der Waals surface area contributed by atoms with Gasteiger partial charge in [-0.15, -0.1) is 0 Å². The van der Waals surface area contributed by atoms with Crippen molar-refractivity contribution in [3.63, 3.8) is 0 Å². The highest BCUT2D eigenvalue weighted by molar-refractivity contribution is 5.73. The Hall–Kier alpha value is -2.55. The first-order valence-corrected chi connectivity index (χ1v) is 8.81. The summed E-state index contributed by atoms with van der Waals surface area (Å²) in [7, 11) is 3.86. The summed E-state index contributed by atoms with van der Waals surface area (Å²) in [5.74, 6) is -1.11. The molecular formula is C19H24F3N3O3. The van der Waals surface area contributed by atoms with Crippen molar-refractivity contribution < 1.29 is 27.8 Å². The number of nitrogens with zero attached hydrogens (tertiary/aromatic N) is 2. The van der Waals surface area contributed by atoms with Gasteiger partial charge < -0.3 is 9.84 Å². The first-order valence-electron chi connectivity index (χ1n) is 8.81. The van der Waals surface area contributed by atoms with Gasteiger partial charge in [0.2, 0.25) is 0 Å². The van der Waals surface area contributed by atoms with E-state index >= 15 is 0 Å². The van der Waals surface area contributed by atoms with Crippen LogP contribution in [0.1, 0.15) is 48.7 Å². The maximum atomic E-state index is 10.6. The Morgan fingerprint density at radius 2 is 2.00 bits per heavy atom. The highest BCUT2D eigenvalue weighted by atomic mass is 19.4. The summed E-state index contributed by atoms with van der Waals surface area (Å²) in [5, 5.41) is 14.7. The average molecular weight is 399 g/mol. The number of rotatable bonds is 6. The molecule has 3 rings (SSSR count). The van der Waals surface area contributed by atoms with E-state index < -0.39 is 12.1 Å². The molecule has 2 aromatic rings. The van der Waals surface area contributed by atoms with E-state index in [4.69, 9.17) is 14.6 Å². The lowest BCUT2D eigenvalue weighted by Gasteiger charge is -2.25. The summed E-state index contributed by atoms with van der Waals surface area (Å²) in [4.78, 5) is 11.2. The molecule has 1 aromatic carbocycles. The van der Waals surface area contributed by atoms with Gasteiger partial charge in [0.05, 0.1) is 12.8 Å². The predicted molar refractivity (Wildman–Crippen MR) is 97.1 cm³/mol. The molecule has 28 heavy (non-hydrogen) atoms. The monoisotopic (exact) mass is 399 g/mol. The van der Waals surface area contributed by atoms with Crippen LogP contribution in [0.2, 0.25) is 0 Å². The van der Waals surface area contributed by atoms with Crippen LogP contribution in [0.3, 0.4) is 0 Å². The van der Waals surface area contributed by atoms with Gasteiger partial charge in [0.1, 0.15) is 5.75 Å². The van der Waals surface area contributed by atoms with Gasteiger partial charge in [0.15, 0.2) is 0 Å². The summed E-state index contributed by atoms with van der Waals surface area (Å²) in [6, 6.07) is 10.7. The van der Waals surface area contributed by atoms with Crippen molar-refractivity contribution in [1.82, 2.24) is 15.1 Å². The van der Waals surface area contributed by atoms with Gasteiger partial charge in [-0.2, -0.15) is 18.3 Å². The van der Waals surface area contributed by atoms with Gasteiger partial charge in [-0.3, -0.25) is 10.00 Å². The van der Waals surface area contributed by atoms with Crippen molar-refractivity contribution in [2.24, 2.45) is 0 Å².